The second-order valence-electron chi connectivity index (χ2n) is 3.99. The maximum Gasteiger partial charge on any atom is 0.223 e. The van der Waals surface area contributed by atoms with Gasteiger partial charge in [-0.05, 0) is 32.1 Å². The summed E-state index contributed by atoms with van der Waals surface area (Å²) in [4.78, 5) is 11.5. The molecule has 2 atom stereocenters. The summed E-state index contributed by atoms with van der Waals surface area (Å²) in [7, 11) is 0. The second-order valence-corrected chi connectivity index (χ2v) is 4.73. The molecule has 2 unspecified atom stereocenters. The monoisotopic (exact) mass is 203 g/mol. The number of amides is 1. The Hall–Kier alpha value is -0.240. The Morgan fingerprint density at radius 1 is 1.54 bits per heavy atom. The molecule has 0 saturated heterocycles. The molecule has 1 amide bonds. The fourth-order valence-electron chi connectivity index (χ4n) is 1.37. The molecule has 0 spiro atoms. The molecule has 0 radical (unpaired) electrons. The Morgan fingerprint density at radius 3 is 2.62 bits per heavy atom. The van der Waals surface area contributed by atoms with Gasteiger partial charge in [-0.25, -0.2) is 0 Å². The van der Waals surface area contributed by atoms with E-state index in [2.05, 4.69) is 5.32 Å². The molecule has 1 fully saturated rings. The molecule has 0 bridgehead atoms. The van der Waals surface area contributed by atoms with Crippen molar-refractivity contribution in [2.45, 2.75) is 38.5 Å². The SMILES string of the molecule is CC(Cl)CCNC(=O)C(C)C1CC1. The maximum absolute atomic E-state index is 11.5. The third-order valence-corrected chi connectivity index (χ3v) is 2.80. The standard InChI is InChI=1S/C10H18ClNO/c1-7(11)5-6-12-10(13)8(2)9-3-4-9/h7-9H,3-6H2,1-2H3,(H,12,13). The van der Waals surface area contributed by atoms with Crippen molar-refractivity contribution in [3.05, 3.63) is 0 Å². The molecule has 13 heavy (non-hydrogen) atoms. The largest absolute Gasteiger partial charge is 0.356 e. The van der Waals surface area contributed by atoms with Gasteiger partial charge in [0.25, 0.3) is 0 Å². The van der Waals surface area contributed by atoms with Gasteiger partial charge in [0.2, 0.25) is 5.91 Å². The highest BCUT2D eigenvalue weighted by Gasteiger charge is 2.32. The van der Waals surface area contributed by atoms with Crippen LogP contribution in [-0.2, 0) is 4.79 Å². The lowest BCUT2D eigenvalue weighted by Gasteiger charge is -2.11. The minimum atomic E-state index is 0.150. The maximum atomic E-state index is 11.5. The first-order valence-corrected chi connectivity index (χ1v) is 5.46. The first kappa shape index (κ1) is 10.8. The van der Waals surface area contributed by atoms with E-state index in [0.717, 1.165) is 6.42 Å². The van der Waals surface area contributed by atoms with E-state index in [1.54, 1.807) is 0 Å². The van der Waals surface area contributed by atoms with E-state index in [-0.39, 0.29) is 17.2 Å². The van der Waals surface area contributed by atoms with Crippen molar-refractivity contribution in [2.75, 3.05) is 6.54 Å². The molecule has 1 saturated carbocycles. The van der Waals surface area contributed by atoms with Gasteiger partial charge in [0.15, 0.2) is 0 Å². The molecular weight excluding hydrogens is 186 g/mol. The number of alkyl halides is 1. The normalized spacial score (nSPS) is 20.8. The highest BCUT2D eigenvalue weighted by atomic mass is 35.5. The summed E-state index contributed by atoms with van der Waals surface area (Å²) in [5, 5.41) is 3.06. The molecule has 0 aromatic heterocycles. The van der Waals surface area contributed by atoms with Crippen LogP contribution in [0.5, 0.6) is 0 Å². The third-order valence-electron chi connectivity index (χ3n) is 2.58. The minimum Gasteiger partial charge on any atom is -0.356 e. The smallest absolute Gasteiger partial charge is 0.223 e. The lowest BCUT2D eigenvalue weighted by atomic mass is 10.1. The lowest BCUT2D eigenvalue weighted by Crippen LogP contribution is -2.31. The molecule has 2 nitrogen and oxygen atoms in total. The molecule has 76 valence electrons. The second kappa shape index (κ2) is 4.85. The predicted molar refractivity (Wildman–Crippen MR) is 54.8 cm³/mol. The number of rotatable bonds is 5. The van der Waals surface area contributed by atoms with Gasteiger partial charge in [-0.1, -0.05) is 6.92 Å². The Balaban J connectivity index is 2.09. The quantitative estimate of drug-likeness (QED) is 0.682. The fourth-order valence-corrected chi connectivity index (χ4v) is 1.47. The van der Waals surface area contributed by atoms with Crippen molar-refractivity contribution in [3.63, 3.8) is 0 Å². The summed E-state index contributed by atoms with van der Waals surface area (Å²) in [5.41, 5.74) is 0. The molecule has 3 heteroatoms. The zero-order valence-electron chi connectivity index (χ0n) is 8.35. The number of nitrogens with one attached hydrogen (secondary N) is 1. The molecule has 1 N–H and O–H groups in total. The van der Waals surface area contributed by atoms with E-state index >= 15 is 0 Å². The van der Waals surface area contributed by atoms with Gasteiger partial charge in [-0.3, -0.25) is 4.79 Å². The Bertz CT molecular complexity index is 178. The summed E-state index contributed by atoms with van der Waals surface area (Å²) in [6, 6.07) is 0. The van der Waals surface area contributed by atoms with Gasteiger partial charge in [0, 0.05) is 17.8 Å². The highest BCUT2D eigenvalue weighted by Crippen LogP contribution is 2.36. The van der Waals surface area contributed by atoms with Gasteiger partial charge < -0.3 is 5.32 Å². The van der Waals surface area contributed by atoms with E-state index in [4.69, 9.17) is 11.6 Å². The number of hydrogen-bond acceptors (Lipinski definition) is 1. The molecule has 0 aliphatic heterocycles. The van der Waals surface area contributed by atoms with Crippen molar-refractivity contribution >= 4 is 17.5 Å². The van der Waals surface area contributed by atoms with E-state index in [0.29, 0.717) is 12.5 Å². The third kappa shape index (κ3) is 3.99. The van der Waals surface area contributed by atoms with Crippen molar-refractivity contribution < 1.29 is 4.79 Å². The zero-order chi connectivity index (χ0) is 9.84. The average Bonchev–Trinajstić information content (AvgIpc) is 2.84. The molecular formula is C10H18ClNO. The van der Waals surface area contributed by atoms with Crippen molar-refractivity contribution in [1.29, 1.82) is 0 Å². The summed E-state index contributed by atoms with van der Waals surface area (Å²) in [6.07, 6.45) is 3.30. The molecule has 0 aromatic carbocycles. The van der Waals surface area contributed by atoms with Gasteiger partial charge in [-0.2, -0.15) is 0 Å². The summed E-state index contributed by atoms with van der Waals surface area (Å²) in [6.45, 7) is 4.66. The predicted octanol–water partition coefficient (Wildman–Crippen LogP) is 2.17. The molecule has 1 aliphatic rings. The van der Waals surface area contributed by atoms with E-state index in [1.165, 1.54) is 12.8 Å². The minimum absolute atomic E-state index is 0.150. The lowest BCUT2D eigenvalue weighted by molar-refractivity contribution is -0.125. The van der Waals surface area contributed by atoms with Crippen LogP contribution in [0.1, 0.15) is 33.1 Å². The van der Waals surface area contributed by atoms with Crippen LogP contribution >= 0.6 is 11.6 Å². The topological polar surface area (TPSA) is 29.1 Å². The number of halogens is 1. The number of carbonyl (C=O) groups is 1. The van der Waals surface area contributed by atoms with Gasteiger partial charge in [0.05, 0.1) is 0 Å². The van der Waals surface area contributed by atoms with Gasteiger partial charge in [0.1, 0.15) is 0 Å². The van der Waals surface area contributed by atoms with Crippen LogP contribution in [0.25, 0.3) is 0 Å². The van der Waals surface area contributed by atoms with Crippen molar-refractivity contribution in [1.82, 2.24) is 5.32 Å². The summed E-state index contributed by atoms with van der Waals surface area (Å²) >= 11 is 5.76. The van der Waals surface area contributed by atoms with E-state index in [1.807, 2.05) is 13.8 Å². The Kier molecular flexibility index (Phi) is 4.04. The van der Waals surface area contributed by atoms with Crippen LogP contribution in [0.15, 0.2) is 0 Å². The van der Waals surface area contributed by atoms with Crippen LogP contribution in [-0.4, -0.2) is 17.8 Å². The first-order valence-electron chi connectivity index (χ1n) is 5.03. The molecule has 1 rings (SSSR count). The van der Waals surface area contributed by atoms with E-state index < -0.39 is 0 Å². The molecule has 0 heterocycles. The zero-order valence-corrected chi connectivity index (χ0v) is 9.10. The fraction of sp³-hybridized carbons (Fsp3) is 0.900. The number of carbonyl (C=O) groups excluding carboxylic acids is 1. The van der Waals surface area contributed by atoms with Crippen LogP contribution in [0.4, 0.5) is 0 Å². The van der Waals surface area contributed by atoms with Crippen LogP contribution < -0.4 is 5.32 Å². The average molecular weight is 204 g/mol. The summed E-state index contributed by atoms with van der Waals surface area (Å²) in [5.74, 6) is 1.04. The molecule has 0 aromatic rings. The first-order chi connectivity index (χ1) is 6.11. The van der Waals surface area contributed by atoms with Gasteiger partial charge >= 0.3 is 0 Å². The van der Waals surface area contributed by atoms with Crippen molar-refractivity contribution in [2.24, 2.45) is 11.8 Å². The Labute approximate surface area is 85.0 Å². The van der Waals surface area contributed by atoms with Crippen LogP contribution in [0.3, 0.4) is 0 Å². The summed E-state index contributed by atoms with van der Waals surface area (Å²) < 4.78 is 0. The molecule has 1 aliphatic carbocycles. The van der Waals surface area contributed by atoms with Crippen LogP contribution in [0, 0.1) is 11.8 Å². The Morgan fingerprint density at radius 2 is 2.15 bits per heavy atom. The van der Waals surface area contributed by atoms with Crippen molar-refractivity contribution in [3.8, 4) is 0 Å². The van der Waals surface area contributed by atoms with E-state index in [9.17, 15) is 4.79 Å². The van der Waals surface area contributed by atoms with Gasteiger partial charge in [-0.15, -0.1) is 11.6 Å². The highest BCUT2D eigenvalue weighted by molar-refractivity contribution is 6.20. The van der Waals surface area contributed by atoms with Crippen LogP contribution in [0.2, 0.25) is 0 Å². The number of hydrogen-bond donors (Lipinski definition) is 1.